The summed E-state index contributed by atoms with van der Waals surface area (Å²) in [5, 5.41) is 49.7. The van der Waals surface area contributed by atoms with Crippen molar-refractivity contribution in [2.75, 3.05) is 6.54 Å². The van der Waals surface area contributed by atoms with E-state index in [2.05, 4.69) is 36.9 Å². The van der Waals surface area contributed by atoms with Crippen molar-refractivity contribution in [1.29, 1.82) is 0 Å². The fourth-order valence-electron chi connectivity index (χ4n) is 7.18. The van der Waals surface area contributed by atoms with Crippen molar-refractivity contribution in [2.24, 2.45) is 11.8 Å². The summed E-state index contributed by atoms with van der Waals surface area (Å²) in [7, 11) is 0. The van der Waals surface area contributed by atoms with Gasteiger partial charge in [-0.05, 0) is 75.6 Å². The van der Waals surface area contributed by atoms with E-state index < -0.39 is 92.5 Å². The van der Waals surface area contributed by atoms with Gasteiger partial charge in [0, 0.05) is 29.6 Å². The van der Waals surface area contributed by atoms with E-state index in [0.717, 1.165) is 29.1 Å². The van der Waals surface area contributed by atoms with Crippen LogP contribution in [0.2, 0.25) is 0 Å². The molecule has 5 amide bonds. The van der Waals surface area contributed by atoms with Crippen LogP contribution < -0.4 is 31.9 Å². The number of nitro groups is 2. The third kappa shape index (κ3) is 11.4. The Morgan fingerprint density at radius 3 is 1.92 bits per heavy atom. The van der Waals surface area contributed by atoms with E-state index in [9.17, 15) is 54.1 Å². The maximum absolute atomic E-state index is 14.1. The number of amides is 5. The normalized spacial score (nSPS) is 17.5. The molecule has 20 nitrogen and oxygen atoms in total. The SMILES string of the molecule is CC(C)C[C@H](NC(=O)[C@H](C)NC(=O)[C@H](CC(C)C)NC(=O)[C@]1(c2ccc([N+](=O)[O-])cc2[N+](=O)[O-])CCCN1)C(=O)N[C@@H](Cc1c[nH]c2ccccc12)C(=O)N[C@@H](C)C(=O)O. The Morgan fingerprint density at radius 2 is 1.33 bits per heavy atom. The number of fused-ring (bicyclic) bond motifs is 1. The van der Waals surface area contributed by atoms with E-state index in [1.54, 1.807) is 20.0 Å². The molecule has 3 aromatic rings. The van der Waals surface area contributed by atoms with E-state index in [-0.39, 0.29) is 43.1 Å². The topological polar surface area (TPSA) is 297 Å². The van der Waals surface area contributed by atoms with Crippen LogP contribution in [0.1, 0.15) is 78.4 Å². The van der Waals surface area contributed by atoms with Gasteiger partial charge in [0.1, 0.15) is 35.7 Å². The number of H-pyrrole nitrogens is 1. The van der Waals surface area contributed by atoms with E-state index in [4.69, 9.17) is 0 Å². The standard InChI is InChI=1S/C40H53N9O11/c1-21(2)16-30(37(53)46-32(36(52)44-24(6)38(54)55)18-25-20-41-29-11-8-7-10-27(25)29)45-34(50)23(5)43-35(51)31(17-22(3)4)47-39(56)40(14-9-15-42-40)28-13-12-26(48(57)58)19-33(28)49(59)60/h7-8,10-13,19-24,30-32,41-42H,9,14-18H2,1-6H3,(H,43,51)(H,44,52)(H,45,50)(H,46,53)(H,47,56)(H,54,55)/t23-,24-,30-,31-,32-,40+/m0/s1. The Kier molecular flexibility index (Phi) is 15.4. The molecule has 1 aliphatic heterocycles. The minimum atomic E-state index is -1.69. The zero-order valence-electron chi connectivity index (χ0n) is 34.3. The molecule has 0 aliphatic carbocycles. The van der Waals surface area contributed by atoms with Gasteiger partial charge in [-0.1, -0.05) is 45.9 Å². The van der Waals surface area contributed by atoms with Crippen LogP contribution in [0.3, 0.4) is 0 Å². The first kappa shape index (κ1) is 46.3. The average molecular weight is 836 g/mol. The van der Waals surface area contributed by atoms with Gasteiger partial charge in [0.2, 0.25) is 29.5 Å². The second-order valence-electron chi connectivity index (χ2n) is 15.9. The molecular weight excluding hydrogens is 782 g/mol. The van der Waals surface area contributed by atoms with Crippen molar-refractivity contribution in [3.8, 4) is 0 Å². The van der Waals surface area contributed by atoms with Gasteiger partial charge >= 0.3 is 5.97 Å². The lowest BCUT2D eigenvalue weighted by molar-refractivity contribution is -0.394. The van der Waals surface area contributed by atoms with Gasteiger partial charge in [-0.15, -0.1) is 0 Å². The highest BCUT2D eigenvalue weighted by molar-refractivity contribution is 5.97. The number of carbonyl (C=O) groups is 6. The lowest BCUT2D eigenvalue weighted by atomic mass is 9.85. The van der Waals surface area contributed by atoms with Crippen molar-refractivity contribution in [1.82, 2.24) is 36.9 Å². The number of nitrogens with zero attached hydrogens (tertiary/aromatic N) is 2. The van der Waals surface area contributed by atoms with Crippen molar-refractivity contribution >= 4 is 57.8 Å². The van der Waals surface area contributed by atoms with Crippen LogP contribution in [0.25, 0.3) is 10.9 Å². The van der Waals surface area contributed by atoms with Crippen molar-refractivity contribution < 1.29 is 43.7 Å². The first-order valence-electron chi connectivity index (χ1n) is 19.7. The quantitative estimate of drug-likeness (QED) is 0.0602. The molecule has 1 aliphatic rings. The zero-order valence-corrected chi connectivity index (χ0v) is 34.3. The minimum absolute atomic E-state index is 0.0139. The summed E-state index contributed by atoms with van der Waals surface area (Å²) in [6, 6.07) is 4.16. The molecule has 0 radical (unpaired) electrons. The zero-order chi connectivity index (χ0) is 44.5. The molecule has 20 heteroatoms. The molecule has 0 unspecified atom stereocenters. The molecule has 0 spiro atoms. The molecular formula is C40H53N9O11. The number of carboxylic acid groups (broad SMARTS) is 1. The van der Waals surface area contributed by atoms with Gasteiger partial charge in [-0.25, -0.2) is 0 Å². The second kappa shape index (κ2) is 20.0. The monoisotopic (exact) mass is 835 g/mol. The fraction of sp³-hybridized carbons (Fsp3) is 0.500. The van der Waals surface area contributed by atoms with Gasteiger partial charge in [-0.3, -0.25) is 54.3 Å². The predicted octanol–water partition coefficient (Wildman–Crippen LogP) is 2.45. The third-order valence-corrected chi connectivity index (χ3v) is 10.3. The van der Waals surface area contributed by atoms with Crippen LogP contribution in [0, 0.1) is 32.1 Å². The van der Waals surface area contributed by atoms with Crippen LogP contribution in [-0.4, -0.2) is 92.2 Å². The summed E-state index contributed by atoms with van der Waals surface area (Å²) in [5.74, 6) is -5.32. The maximum atomic E-state index is 14.1. The number of aromatic nitrogens is 1. The van der Waals surface area contributed by atoms with Crippen LogP contribution in [-0.2, 0) is 40.7 Å². The Labute approximate surface area is 345 Å². The highest BCUT2D eigenvalue weighted by Crippen LogP contribution is 2.39. The summed E-state index contributed by atoms with van der Waals surface area (Å²) in [4.78, 5) is 105. The predicted molar refractivity (Wildman–Crippen MR) is 218 cm³/mol. The molecule has 6 atom stereocenters. The Balaban J connectivity index is 1.52. The molecule has 4 rings (SSSR count). The molecule has 1 fully saturated rings. The molecule has 324 valence electrons. The molecule has 1 aromatic heterocycles. The fourth-order valence-corrected chi connectivity index (χ4v) is 7.18. The van der Waals surface area contributed by atoms with Gasteiger partial charge in [0.15, 0.2) is 0 Å². The van der Waals surface area contributed by atoms with Crippen LogP contribution >= 0.6 is 0 Å². The van der Waals surface area contributed by atoms with Crippen LogP contribution in [0.15, 0.2) is 48.7 Å². The average Bonchev–Trinajstić information content (AvgIpc) is 3.85. The summed E-state index contributed by atoms with van der Waals surface area (Å²) < 4.78 is 0. The highest BCUT2D eigenvalue weighted by atomic mass is 16.6. The number of non-ortho nitro benzene ring substituents is 1. The molecule has 60 heavy (non-hydrogen) atoms. The number of benzene rings is 2. The summed E-state index contributed by atoms with van der Waals surface area (Å²) in [6.45, 7) is 10.2. The van der Waals surface area contributed by atoms with Gasteiger partial charge in [0.25, 0.3) is 11.4 Å². The first-order valence-corrected chi connectivity index (χ1v) is 19.7. The molecule has 0 saturated carbocycles. The second-order valence-corrected chi connectivity index (χ2v) is 15.9. The Morgan fingerprint density at radius 1 is 0.750 bits per heavy atom. The number of nitrogens with one attached hydrogen (secondary N) is 7. The Bertz CT molecular complexity index is 2110. The van der Waals surface area contributed by atoms with Crippen LogP contribution in [0.5, 0.6) is 0 Å². The summed E-state index contributed by atoms with van der Waals surface area (Å²) in [5.41, 5.74) is -1.49. The number of nitro benzene ring substituents is 2. The molecule has 2 aromatic carbocycles. The molecule has 0 bridgehead atoms. The number of carboxylic acids is 1. The number of hydrogen-bond acceptors (Lipinski definition) is 11. The number of aliphatic carboxylic acids is 1. The van der Waals surface area contributed by atoms with Gasteiger partial charge < -0.3 is 36.7 Å². The van der Waals surface area contributed by atoms with E-state index in [1.807, 2.05) is 38.1 Å². The van der Waals surface area contributed by atoms with E-state index in [0.29, 0.717) is 18.5 Å². The van der Waals surface area contributed by atoms with Crippen molar-refractivity contribution in [2.45, 2.75) is 109 Å². The van der Waals surface area contributed by atoms with Crippen molar-refractivity contribution in [3.05, 3.63) is 80.0 Å². The van der Waals surface area contributed by atoms with E-state index >= 15 is 0 Å². The maximum Gasteiger partial charge on any atom is 0.325 e. The molecule has 1 saturated heterocycles. The number of carbonyl (C=O) groups excluding carboxylic acids is 5. The molecule has 2 heterocycles. The number of para-hydroxylation sites is 1. The van der Waals surface area contributed by atoms with E-state index in [1.165, 1.54) is 13.8 Å². The number of rotatable bonds is 20. The van der Waals surface area contributed by atoms with Crippen molar-refractivity contribution in [3.63, 3.8) is 0 Å². The smallest absolute Gasteiger partial charge is 0.325 e. The van der Waals surface area contributed by atoms with Gasteiger partial charge in [-0.2, -0.15) is 0 Å². The Hall–Kier alpha value is -6.44. The van der Waals surface area contributed by atoms with Gasteiger partial charge in [0.05, 0.1) is 21.5 Å². The van der Waals surface area contributed by atoms with Crippen LogP contribution in [0.4, 0.5) is 11.4 Å². The number of aromatic amines is 1. The molecule has 8 N–H and O–H groups in total. The number of hydrogen-bond donors (Lipinski definition) is 8. The largest absolute Gasteiger partial charge is 0.480 e. The first-order chi connectivity index (χ1) is 28.2. The third-order valence-electron chi connectivity index (χ3n) is 10.3. The highest BCUT2D eigenvalue weighted by Gasteiger charge is 2.48. The summed E-state index contributed by atoms with van der Waals surface area (Å²) in [6.07, 6.45) is 2.42. The lowest BCUT2D eigenvalue weighted by Crippen LogP contribution is -2.60. The lowest BCUT2D eigenvalue weighted by Gasteiger charge is -2.31. The minimum Gasteiger partial charge on any atom is -0.480 e. The summed E-state index contributed by atoms with van der Waals surface area (Å²) >= 11 is 0.